The second kappa shape index (κ2) is 9.33. The number of pyridine rings is 1. The summed E-state index contributed by atoms with van der Waals surface area (Å²) in [6.07, 6.45) is 5.57. The quantitative estimate of drug-likeness (QED) is 0.509. The maximum Gasteiger partial charge on any atom is 0.228 e. The standard InChI is InChI=1S/C25H27ClF2N6/c1-16-4-3-9-34(16)25-30-22(18-5-6-20(27)21(28)12-18)13-24(31-25)33-11-10-32(15-17(33)2)23-7-8-29-14-19(23)26/h5-8,12-14,16-17H,3-4,9-11,15H2,1-2H3. The van der Waals surface area contributed by atoms with Crippen LogP contribution in [-0.2, 0) is 0 Å². The van der Waals surface area contributed by atoms with Gasteiger partial charge in [0, 0.05) is 62.3 Å². The van der Waals surface area contributed by atoms with Gasteiger partial charge in [-0.1, -0.05) is 11.6 Å². The van der Waals surface area contributed by atoms with Crippen LogP contribution in [0.5, 0.6) is 0 Å². The second-order valence-corrected chi connectivity index (χ2v) is 9.45. The number of hydrogen-bond acceptors (Lipinski definition) is 6. The van der Waals surface area contributed by atoms with Gasteiger partial charge in [0.05, 0.1) is 16.4 Å². The van der Waals surface area contributed by atoms with Crippen molar-refractivity contribution in [1.82, 2.24) is 15.0 Å². The molecule has 178 valence electrons. The van der Waals surface area contributed by atoms with Crippen LogP contribution in [-0.4, -0.2) is 53.2 Å². The van der Waals surface area contributed by atoms with Gasteiger partial charge in [-0.15, -0.1) is 0 Å². The third kappa shape index (κ3) is 4.39. The first-order chi connectivity index (χ1) is 16.4. The SMILES string of the molecule is CC1CN(c2ccncc2Cl)CCN1c1cc(-c2ccc(F)c(F)c2)nc(N2CCCC2C)n1. The fourth-order valence-corrected chi connectivity index (χ4v) is 5.11. The normalized spacial score (nSPS) is 20.8. The molecular weight excluding hydrogens is 458 g/mol. The van der Waals surface area contributed by atoms with Crippen LogP contribution in [0.15, 0.2) is 42.7 Å². The summed E-state index contributed by atoms with van der Waals surface area (Å²) in [6.45, 7) is 7.48. The average molecular weight is 485 g/mol. The van der Waals surface area contributed by atoms with Crippen molar-refractivity contribution in [2.75, 3.05) is 40.9 Å². The van der Waals surface area contributed by atoms with E-state index in [1.165, 1.54) is 6.07 Å². The van der Waals surface area contributed by atoms with Gasteiger partial charge < -0.3 is 14.7 Å². The number of nitrogens with zero attached hydrogens (tertiary/aromatic N) is 6. The van der Waals surface area contributed by atoms with Gasteiger partial charge in [0.15, 0.2) is 11.6 Å². The first-order valence-electron chi connectivity index (χ1n) is 11.6. The molecule has 2 aliphatic heterocycles. The van der Waals surface area contributed by atoms with Gasteiger partial charge in [0.2, 0.25) is 5.95 Å². The highest BCUT2D eigenvalue weighted by atomic mass is 35.5. The molecule has 4 heterocycles. The Balaban J connectivity index is 1.49. The molecule has 0 aliphatic carbocycles. The summed E-state index contributed by atoms with van der Waals surface area (Å²) >= 11 is 6.38. The van der Waals surface area contributed by atoms with Crippen LogP contribution in [0.25, 0.3) is 11.3 Å². The first kappa shape index (κ1) is 22.8. The van der Waals surface area contributed by atoms with Crippen LogP contribution >= 0.6 is 11.6 Å². The van der Waals surface area contributed by atoms with Crippen LogP contribution in [0.4, 0.5) is 26.2 Å². The van der Waals surface area contributed by atoms with E-state index >= 15 is 0 Å². The number of anilines is 3. The summed E-state index contributed by atoms with van der Waals surface area (Å²) in [5.41, 5.74) is 2.09. The van der Waals surface area contributed by atoms with Gasteiger partial charge in [-0.25, -0.2) is 13.8 Å². The molecule has 5 rings (SSSR count). The molecule has 2 unspecified atom stereocenters. The Hall–Kier alpha value is -3.00. The Morgan fingerprint density at radius 1 is 0.941 bits per heavy atom. The number of benzene rings is 1. The smallest absolute Gasteiger partial charge is 0.228 e. The van der Waals surface area contributed by atoms with Crippen LogP contribution in [0.3, 0.4) is 0 Å². The fourth-order valence-electron chi connectivity index (χ4n) is 4.87. The van der Waals surface area contributed by atoms with E-state index in [0.717, 1.165) is 56.6 Å². The van der Waals surface area contributed by atoms with E-state index in [1.54, 1.807) is 18.5 Å². The number of aromatic nitrogens is 3. The Labute approximate surface area is 203 Å². The lowest BCUT2D eigenvalue weighted by atomic mass is 10.1. The molecule has 3 aromatic rings. The van der Waals surface area contributed by atoms with Gasteiger partial charge in [-0.3, -0.25) is 4.98 Å². The second-order valence-electron chi connectivity index (χ2n) is 9.04. The summed E-state index contributed by atoms with van der Waals surface area (Å²) < 4.78 is 27.6. The molecule has 34 heavy (non-hydrogen) atoms. The predicted molar refractivity (Wildman–Crippen MR) is 132 cm³/mol. The van der Waals surface area contributed by atoms with Gasteiger partial charge >= 0.3 is 0 Å². The summed E-state index contributed by atoms with van der Waals surface area (Å²) in [7, 11) is 0. The van der Waals surface area contributed by atoms with E-state index in [0.29, 0.717) is 28.3 Å². The molecule has 0 saturated carbocycles. The molecular formula is C25H27ClF2N6. The van der Waals surface area contributed by atoms with Crippen molar-refractivity contribution in [3.63, 3.8) is 0 Å². The number of rotatable bonds is 4. The van der Waals surface area contributed by atoms with Crippen LogP contribution < -0.4 is 14.7 Å². The maximum absolute atomic E-state index is 14.0. The molecule has 1 aromatic carbocycles. The molecule has 0 spiro atoms. The molecule has 6 nitrogen and oxygen atoms in total. The average Bonchev–Trinajstić information content (AvgIpc) is 3.26. The molecule has 2 aliphatic rings. The Morgan fingerprint density at radius 2 is 1.79 bits per heavy atom. The molecule has 0 amide bonds. The van der Waals surface area contributed by atoms with Crippen LogP contribution in [0.1, 0.15) is 26.7 Å². The molecule has 0 N–H and O–H groups in total. The first-order valence-corrected chi connectivity index (χ1v) is 12.0. The molecule has 2 aromatic heterocycles. The summed E-state index contributed by atoms with van der Waals surface area (Å²) in [5.74, 6) is -0.332. The summed E-state index contributed by atoms with van der Waals surface area (Å²) in [4.78, 5) is 20.5. The van der Waals surface area contributed by atoms with E-state index in [9.17, 15) is 8.78 Å². The third-order valence-electron chi connectivity index (χ3n) is 6.74. The lowest BCUT2D eigenvalue weighted by Crippen LogP contribution is -2.52. The molecule has 2 atom stereocenters. The number of hydrogen-bond donors (Lipinski definition) is 0. The highest BCUT2D eigenvalue weighted by Crippen LogP contribution is 2.32. The largest absolute Gasteiger partial charge is 0.366 e. The Morgan fingerprint density at radius 3 is 2.50 bits per heavy atom. The summed E-state index contributed by atoms with van der Waals surface area (Å²) in [5, 5.41) is 0.635. The van der Waals surface area contributed by atoms with Crippen molar-refractivity contribution in [3.8, 4) is 11.3 Å². The summed E-state index contributed by atoms with van der Waals surface area (Å²) in [6, 6.07) is 8.20. The molecule has 9 heteroatoms. The van der Waals surface area contributed by atoms with E-state index in [2.05, 4.69) is 33.5 Å². The minimum absolute atomic E-state index is 0.148. The molecule has 0 radical (unpaired) electrons. The van der Waals surface area contributed by atoms with Crippen molar-refractivity contribution in [1.29, 1.82) is 0 Å². The highest BCUT2D eigenvalue weighted by molar-refractivity contribution is 6.33. The number of piperazine rings is 1. The topological polar surface area (TPSA) is 48.4 Å². The molecule has 2 fully saturated rings. The Kier molecular flexibility index (Phi) is 6.25. The van der Waals surface area contributed by atoms with Crippen LogP contribution in [0.2, 0.25) is 5.02 Å². The number of halogens is 3. The fraction of sp³-hybridized carbons (Fsp3) is 0.400. The van der Waals surface area contributed by atoms with Gasteiger partial charge in [-0.2, -0.15) is 4.98 Å². The zero-order valence-electron chi connectivity index (χ0n) is 19.3. The van der Waals surface area contributed by atoms with Crippen LogP contribution in [0, 0.1) is 11.6 Å². The van der Waals surface area contributed by atoms with E-state index in [-0.39, 0.29) is 6.04 Å². The van der Waals surface area contributed by atoms with E-state index in [4.69, 9.17) is 21.6 Å². The van der Waals surface area contributed by atoms with Crippen molar-refractivity contribution in [2.45, 2.75) is 38.8 Å². The molecule has 2 saturated heterocycles. The highest BCUT2D eigenvalue weighted by Gasteiger charge is 2.29. The van der Waals surface area contributed by atoms with E-state index < -0.39 is 11.6 Å². The molecule has 0 bridgehead atoms. The third-order valence-corrected chi connectivity index (χ3v) is 7.03. The minimum Gasteiger partial charge on any atom is -0.366 e. The minimum atomic E-state index is -0.884. The predicted octanol–water partition coefficient (Wildman–Crippen LogP) is 5.17. The van der Waals surface area contributed by atoms with Crippen molar-refractivity contribution < 1.29 is 8.78 Å². The van der Waals surface area contributed by atoms with Crippen molar-refractivity contribution in [3.05, 3.63) is 59.4 Å². The monoisotopic (exact) mass is 484 g/mol. The lowest BCUT2D eigenvalue weighted by Gasteiger charge is -2.42. The van der Waals surface area contributed by atoms with E-state index in [1.807, 2.05) is 12.1 Å². The Bertz CT molecular complexity index is 1190. The van der Waals surface area contributed by atoms with Crippen molar-refractivity contribution >= 4 is 29.1 Å². The van der Waals surface area contributed by atoms with Crippen molar-refractivity contribution in [2.24, 2.45) is 0 Å². The zero-order chi connectivity index (χ0) is 23.8. The maximum atomic E-state index is 14.0. The lowest BCUT2D eigenvalue weighted by molar-refractivity contribution is 0.509. The van der Waals surface area contributed by atoms with Gasteiger partial charge in [0.25, 0.3) is 0 Å². The zero-order valence-corrected chi connectivity index (χ0v) is 20.0. The van der Waals surface area contributed by atoms with Gasteiger partial charge in [-0.05, 0) is 51.0 Å². The van der Waals surface area contributed by atoms with Gasteiger partial charge in [0.1, 0.15) is 5.82 Å².